The van der Waals surface area contributed by atoms with Crippen LogP contribution in [0.15, 0.2) is 42.5 Å². The maximum Gasteiger partial charge on any atom is 0.244 e. The summed E-state index contributed by atoms with van der Waals surface area (Å²) in [6, 6.07) is 12.4. The van der Waals surface area contributed by atoms with Gasteiger partial charge in [-0.1, -0.05) is 62.7 Å². The summed E-state index contributed by atoms with van der Waals surface area (Å²) in [6.45, 7) is 11.9. The molecule has 8 heteroatoms. The first kappa shape index (κ1) is 28.4. The Morgan fingerprint density at radius 3 is 2.26 bits per heavy atom. The second-order valence-electron chi connectivity index (χ2n) is 9.56. The highest BCUT2D eigenvalue weighted by atomic mass is 32.2. The summed E-state index contributed by atoms with van der Waals surface area (Å²) in [5, 5.41) is 2.93. The zero-order chi connectivity index (χ0) is 26.3. The summed E-state index contributed by atoms with van der Waals surface area (Å²) in [6.07, 6.45) is 1.50. The zero-order valence-electron chi connectivity index (χ0n) is 22.0. The molecule has 0 bridgehead atoms. The highest BCUT2D eigenvalue weighted by molar-refractivity contribution is 7.92. The number of rotatable bonds is 11. The van der Waals surface area contributed by atoms with Crippen LogP contribution in [0.4, 0.5) is 5.69 Å². The third-order valence-corrected chi connectivity index (χ3v) is 7.16. The largest absolute Gasteiger partial charge is 0.354 e. The molecule has 0 spiro atoms. The van der Waals surface area contributed by atoms with Crippen molar-refractivity contribution in [2.24, 2.45) is 5.92 Å². The lowest BCUT2D eigenvalue weighted by Gasteiger charge is -2.33. The van der Waals surface area contributed by atoms with Gasteiger partial charge < -0.3 is 10.2 Å². The van der Waals surface area contributed by atoms with Crippen LogP contribution in [-0.4, -0.2) is 50.5 Å². The van der Waals surface area contributed by atoms with E-state index in [0.717, 1.165) is 32.8 Å². The van der Waals surface area contributed by atoms with Crippen LogP contribution in [0.25, 0.3) is 0 Å². The van der Waals surface area contributed by atoms with Crippen LogP contribution in [0.1, 0.15) is 49.4 Å². The lowest BCUT2D eigenvalue weighted by atomic mass is 10.1. The Hall–Kier alpha value is -2.87. The van der Waals surface area contributed by atoms with Crippen molar-refractivity contribution in [3.05, 3.63) is 64.7 Å². The molecule has 7 nitrogen and oxygen atoms in total. The molecule has 2 rings (SSSR count). The third-order valence-electron chi connectivity index (χ3n) is 6.03. The molecule has 1 unspecified atom stereocenters. The van der Waals surface area contributed by atoms with E-state index >= 15 is 0 Å². The van der Waals surface area contributed by atoms with Gasteiger partial charge in [-0.05, 0) is 55.9 Å². The minimum Gasteiger partial charge on any atom is -0.354 e. The van der Waals surface area contributed by atoms with Gasteiger partial charge in [-0.2, -0.15) is 0 Å². The second-order valence-corrected chi connectivity index (χ2v) is 11.5. The fraction of sp³-hybridized carbons (Fsp3) is 0.481. The van der Waals surface area contributed by atoms with Gasteiger partial charge in [0.15, 0.2) is 0 Å². The van der Waals surface area contributed by atoms with Crippen molar-refractivity contribution in [2.45, 2.75) is 60.5 Å². The number of nitrogens with zero attached hydrogens (tertiary/aromatic N) is 2. The SMILES string of the molecule is CCC(C(=O)NCC(C)C)N(Cc1cccc(C)c1)C(=O)CN(c1cccc(C)c1C)S(C)(=O)=O. The molecular formula is C27H39N3O4S. The Kier molecular flexibility index (Phi) is 9.89. The minimum atomic E-state index is -3.75. The number of carbonyl (C=O) groups excluding carboxylic acids is 2. The fourth-order valence-corrected chi connectivity index (χ4v) is 4.85. The lowest BCUT2D eigenvalue weighted by molar-refractivity contribution is -0.140. The number of sulfonamides is 1. The van der Waals surface area contributed by atoms with Crippen LogP contribution in [0.5, 0.6) is 0 Å². The van der Waals surface area contributed by atoms with E-state index in [-0.39, 0.29) is 24.9 Å². The maximum absolute atomic E-state index is 13.7. The normalized spacial score (nSPS) is 12.3. The van der Waals surface area contributed by atoms with E-state index in [1.54, 1.807) is 12.1 Å². The van der Waals surface area contributed by atoms with Crippen molar-refractivity contribution >= 4 is 27.5 Å². The third kappa shape index (κ3) is 7.82. The Balaban J connectivity index is 2.47. The van der Waals surface area contributed by atoms with Gasteiger partial charge in [0, 0.05) is 13.1 Å². The summed E-state index contributed by atoms with van der Waals surface area (Å²) in [5.41, 5.74) is 4.11. The standard InChI is InChI=1S/C27H39N3O4S/c1-8-24(27(32)28-16-19(2)3)29(17-23-13-9-11-20(4)15-23)26(31)18-30(35(7,33)34)25-14-10-12-21(5)22(25)6/h9-15,19,24H,8,16-18H2,1-7H3,(H,28,32). The molecule has 2 aromatic rings. The van der Waals surface area contributed by atoms with Gasteiger partial charge in [0.25, 0.3) is 0 Å². The number of carbonyl (C=O) groups is 2. The number of benzene rings is 2. The Labute approximate surface area is 210 Å². The van der Waals surface area contributed by atoms with Crippen LogP contribution < -0.4 is 9.62 Å². The van der Waals surface area contributed by atoms with E-state index in [9.17, 15) is 18.0 Å². The molecule has 0 aliphatic rings. The molecule has 192 valence electrons. The molecule has 1 N–H and O–H groups in total. The van der Waals surface area contributed by atoms with Crippen molar-refractivity contribution in [1.29, 1.82) is 0 Å². The van der Waals surface area contributed by atoms with Crippen LogP contribution in [0.3, 0.4) is 0 Å². The predicted molar refractivity (Wildman–Crippen MR) is 142 cm³/mol. The van der Waals surface area contributed by atoms with Crippen LogP contribution in [-0.2, 0) is 26.2 Å². The van der Waals surface area contributed by atoms with E-state index in [2.05, 4.69) is 5.32 Å². The summed E-state index contributed by atoms with van der Waals surface area (Å²) in [5.74, 6) is -0.397. The van der Waals surface area contributed by atoms with Gasteiger partial charge in [-0.25, -0.2) is 8.42 Å². The summed E-state index contributed by atoms with van der Waals surface area (Å²) >= 11 is 0. The molecule has 0 radical (unpaired) electrons. The molecule has 0 fully saturated rings. The number of hydrogen-bond donors (Lipinski definition) is 1. The number of aryl methyl sites for hydroxylation is 2. The van der Waals surface area contributed by atoms with Crippen molar-refractivity contribution in [3.8, 4) is 0 Å². The van der Waals surface area contributed by atoms with Gasteiger partial charge in [-0.15, -0.1) is 0 Å². The van der Waals surface area contributed by atoms with E-state index in [1.807, 2.05) is 71.9 Å². The van der Waals surface area contributed by atoms with E-state index in [4.69, 9.17) is 0 Å². The maximum atomic E-state index is 13.7. The van der Waals surface area contributed by atoms with E-state index < -0.39 is 22.0 Å². The average molecular weight is 502 g/mol. The Bertz CT molecular complexity index is 1140. The molecule has 0 saturated carbocycles. The number of amides is 2. The van der Waals surface area contributed by atoms with Crippen molar-refractivity contribution in [3.63, 3.8) is 0 Å². The van der Waals surface area contributed by atoms with Gasteiger partial charge in [0.05, 0.1) is 11.9 Å². The molecular weight excluding hydrogens is 462 g/mol. The van der Waals surface area contributed by atoms with Gasteiger partial charge in [0.2, 0.25) is 21.8 Å². The highest BCUT2D eigenvalue weighted by Crippen LogP contribution is 2.25. The molecule has 1 atom stereocenters. The lowest BCUT2D eigenvalue weighted by Crippen LogP contribution is -2.52. The molecule has 35 heavy (non-hydrogen) atoms. The van der Waals surface area contributed by atoms with Crippen LogP contribution in [0.2, 0.25) is 0 Å². The minimum absolute atomic E-state index is 0.207. The molecule has 0 aromatic heterocycles. The number of nitrogens with one attached hydrogen (secondary N) is 1. The first-order valence-electron chi connectivity index (χ1n) is 12.0. The molecule has 2 aromatic carbocycles. The summed E-state index contributed by atoms with van der Waals surface area (Å²) in [4.78, 5) is 28.3. The van der Waals surface area contributed by atoms with Gasteiger partial charge in [-0.3, -0.25) is 13.9 Å². The molecule has 0 saturated heterocycles. The highest BCUT2D eigenvalue weighted by Gasteiger charge is 2.32. The monoisotopic (exact) mass is 501 g/mol. The predicted octanol–water partition coefficient (Wildman–Crippen LogP) is 3.96. The van der Waals surface area contributed by atoms with Crippen LogP contribution in [0, 0.1) is 26.7 Å². The van der Waals surface area contributed by atoms with E-state index in [0.29, 0.717) is 18.7 Å². The fourth-order valence-electron chi connectivity index (χ4n) is 3.95. The van der Waals surface area contributed by atoms with Crippen LogP contribution >= 0.6 is 0 Å². The van der Waals surface area contributed by atoms with Gasteiger partial charge in [0.1, 0.15) is 12.6 Å². The first-order chi connectivity index (χ1) is 16.3. The smallest absolute Gasteiger partial charge is 0.244 e. The molecule has 0 aliphatic heterocycles. The number of hydrogen-bond acceptors (Lipinski definition) is 4. The van der Waals surface area contributed by atoms with Gasteiger partial charge >= 0.3 is 0 Å². The molecule has 0 aliphatic carbocycles. The first-order valence-corrected chi connectivity index (χ1v) is 13.9. The average Bonchev–Trinajstić information content (AvgIpc) is 2.77. The molecule has 2 amide bonds. The number of anilines is 1. The Morgan fingerprint density at radius 2 is 1.69 bits per heavy atom. The quantitative estimate of drug-likeness (QED) is 0.505. The second kappa shape index (κ2) is 12.2. The topological polar surface area (TPSA) is 86.8 Å². The molecule has 0 heterocycles. The zero-order valence-corrected chi connectivity index (χ0v) is 22.8. The van der Waals surface area contributed by atoms with Crippen molar-refractivity contribution in [1.82, 2.24) is 10.2 Å². The summed E-state index contributed by atoms with van der Waals surface area (Å²) < 4.78 is 26.7. The van der Waals surface area contributed by atoms with Crippen molar-refractivity contribution in [2.75, 3.05) is 23.7 Å². The summed E-state index contributed by atoms with van der Waals surface area (Å²) in [7, 11) is -3.75. The van der Waals surface area contributed by atoms with E-state index in [1.165, 1.54) is 4.90 Å². The van der Waals surface area contributed by atoms with Crippen molar-refractivity contribution < 1.29 is 18.0 Å². The Morgan fingerprint density at radius 1 is 1.03 bits per heavy atom.